The summed E-state index contributed by atoms with van der Waals surface area (Å²) in [6, 6.07) is 4.22. The molecule has 0 bridgehead atoms. The Morgan fingerprint density at radius 3 is 2.77 bits per heavy atom. The zero-order chi connectivity index (χ0) is 9.52. The molecular formula is C12H19N. The van der Waals surface area contributed by atoms with Gasteiger partial charge in [0.05, 0.1) is 0 Å². The van der Waals surface area contributed by atoms with E-state index in [4.69, 9.17) is 0 Å². The molecule has 0 aliphatic heterocycles. The van der Waals surface area contributed by atoms with Gasteiger partial charge in [-0.05, 0) is 31.4 Å². The van der Waals surface area contributed by atoms with Gasteiger partial charge in [0.1, 0.15) is 0 Å². The van der Waals surface area contributed by atoms with Crippen molar-refractivity contribution < 1.29 is 0 Å². The van der Waals surface area contributed by atoms with Gasteiger partial charge in [-0.25, -0.2) is 0 Å². The number of nitrogens with zero attached hydrogens (tertiary/aromatic N) is 1. The van der Waals surface area contributed by atoms with E-state index in [1.165, 1.54) is 43.4 Å². The lowest BCUT2D eigenvalue weighted by molar-refractivity contribution is 0.664. The van der Waals surface area contributed by atoms with Crippen molar-refractivity contribution in [2.24, 2.45) is 0 Å². The molecular weight excluding hydrogens is 158 g/mol. The van der Waals surface area contributed by atoms with Crippen LogP contribution in [0.1, 0.15) is 43.9 Å². The predicted octanol–water partition coefficient (Wildman–Crippen LogP) is 3.51. The summed E-state index contributed by atoms with van der Waals surface area (Å²) in [4.78, 5) is 4.28. The van der Waals surface area contributed by atoms with E-state index >= 15 is 0 Å². The zero-order valence-electron chi connectivity index (χ0n) is 8.71. The second kappa shape index (κ2) is 5.74. The topological polar surface area (TPSA) is 12.9 Å². The van der Waals surface area contributed by atoms with Crippen molar-refractivity contribution in [1.82, 2.24) is 4.98 Å². The molecule has 0 N–H and O–H groups in total. The Kier molecular flexibility index (Phi) is 4.52. The molecule has 72 valence electrons. The molecule has 0 saturated heterocycles. The van der Waals surface area contributed by atoms with Crippen LogP contribution in [0.4, 0.5) is 0 Å². The molecule has 1 heteroatoms. The van der Waals surface area contributed by atoms with Crippen LogP contribution in [0.25, 0.3) is 0 Å². The molecule has 0 fully saturated rings. The minimum absolute atomic E-state index is 1.19. The molecule has 0 radical (unpaired) electrons. The summed E-state index contributed by atoms with van der Waals surface area (Å²) in [5, 5.41) is 0. The van der Waals surface area contributed by atoms with Crippen LogP contribution < -0.4 is 0 Å². The van der Waals surface area contributed by atoms with Crippen molar-refractivity contribution in [2.75, 3.05) is 0 Å². The highest BCUT2D eigenvalue weighted by atomic mass is 14.7. The third kappa shape index (κ3) is 3.58. The fraction of sp³-hybridized carbons (Fsp3) is 0.583. The van der Waals surface area contributed by atoms with Gasteiger partial charge in [0.25, 0.3) is 0 Å². The number of aryl methyl sites for hydroxylation is 2. The lowest BCUT2D eigenvalue weighted by Crippen LogP contribution is -1.91. The van der Waals surface area contributed by atoms with Gasteiger partial charge in [-0.1, -0.05) is 32.3 Å². The largest absolute Gasteiger partial charge is 0.261 e. The fourth-order valence-electron chi connectivity index (χ4n) is 1.52. The molecule has 13 heavy (non-hydrogen) atoms. The number of rotatable bonds is 5. The Hall–Kier alpha value is -0.850. The standard InChI is InChI=1S/C12H19N/c1-3-4-5-6-8-12-9-7-10-13-11(12)2/h7,9-10H,3-6,8H2,1-2H3. The highest BCUT2D eigenvalue weighted by molar-refractivity contribution is 5.18. The van der Waals surface area contributed by atoms with E-state index in [9.17, 15) is 0 Å². The number of hydrogen-bond donors (Lipinski definition) is 0. The van der Waals surface area contributed by atoms with Crippen LogP contribution in [0, 0.1) is 6.92 Å². The van der Waals surface area contributed by atoms with Crippen LogP contribution in [0.15, 0.2) is 18.3 Å². The first-order chi connectivity index (χ1) is 6.34. The van der Waals surface area contributed by atoms with E-state index in [1.54, 1.807) is 0 Å². The summed E-state index contributed by atoms with van der Waals surface area (Å²) >= 11 is 0. The lowest BCUT2D eigenvalue weighted by atomic mass is 10.1. The maximum Gasteiger partial charge on any atom is 0.0404 e. The van der Waals surface area contributed by atoms with E-state index in [0.717, 1.165) is 0 Å². The van der Waals surface area contributed by atoms with E-state index in [2.05, 4.69) is 24.9 Å². The third-order valence-corrected chi connectivity index (χ3v) is 2.42. The van der Waals surface area contributed by atoms with Gasteiger partial charge < -0.3 is 0 Å². The second-order valence-corrected chi connectivity index (χ2v) is 3.56. The normalized spacial score (nSPS) is 10.3. The van der Waals surface area contributed by atoms with Crippen LogP contribution in [0.2, 0.25) is 0 Å². The molecule has 0 aliphatic carbocycles. The van der Waals surface area contributed by atoms with Crippen LogP contribution in [-0.4, -0.2) is 4.98 Å². The minimum Gasteiger partial charge on any atom is -0.261 e. The van der Waals surface area contributed by atoms with Crippen molar-refractivity contribution in [2.45, 2.75) is 46.0 Å². The van der Waals surface area contributed by atoms with Crippen molar-refractivity contribution in [1.29, 1.82) is 0 Å². The first kappa shape index (κ1) is 10.2. The molecule has 0 unspecified atom stereocenters. The van der Waals surface area contributed by atoms with Crippen molar-refractivity contribution >= 4 is 0 Å². The van der Waals surface area contributed by atoms with Crippen LogP contribution >= 0.6 is 0 Å². The summed E-state index contributed by atoms with van der Waals surface area (Å²) in [6.45, 7) is 4.34. The quantitative estimate of drug-likeness (QED) is 0.627. The molecule has 0 amide bonds. The SMILES string of the molecule is CCCCCCc1cccnc1C. The first-order valence-corrected chi connectivity index (χ1v) is 5.25. The molecule has 1 nitrogen and oxygen atoms in total. The molecule has 0 aliphatic rings. The van der Waals surface area contributed by atoms with Gasteiger partial charge in [0, 0.05) is 11.9 Å². The third-order valence-electron chi connectivity index (χ3n) is 2.42. The van der Waals surface area contributed by atoms with Gasteiger partial charge in [0.2, 0.25) is 0 Å². The Morgan fingerprint density at radius 2 is 2.08 bits per heavy atom. The van der Waals surface area contributed by atoms with Crippen molar-refractivity contribution in [3.8, 4) is 0 Å². The van der Waals surface area contributed by atoms with Crippen molar-refractivity contribution in [3.05, 3.63) is 29.6 Å². The second-order valence-electron chi connectivity index (χ2n) is 3.56. The molecule has 0 atom stereocenters. The Bertz CT molecular complexity index is 243. The number of aromatic nitrogens is 1. The number of hydrogen-bond acceptors (Lipinski definition) is 1. The van der Waals surface area contributed by atoms with E-state index in [1.807, 2.05) is 12.3 Å². The zero-order valence-corrected chi connectivity index (χ0v) is 8.71. The summed E-state index contributed by atoms with van der Waals surface area (Å²) in [7, 11) is 0. The maximum atomic E-state index is 4.28. The van der Waals surface area contributed by atoms with Crippen LogP contribution in [-0.2, 0) is 6.42 Å². The molecule has 1 aromatic rings. The summed E-state index contributed by atoms with van der Waals surface area (Å²) in [5.41, 5.74) is 2.61. The van der Waals surface area contributed by atoms with Gasteiger partial charge in [-0.3, -0.25) is 4.98 Å². The average molecular weight is 177 g/mol. The van der Waals surface area contributed by atoms with Crippen molar-refractivity contribution in [3.63, 3.8) is 0 Å². The maximum absolute atomic E-state index is 4.28. The van der Waals surface area contributed by atoms with Crippen LogP contribution in [0.3, 0.4) is 0 Å². The first-order valence-electron chi connectivity index (χ1n) is 5.25. The molecule has 0 spiro atoms. The smallest absolute Gasteiger partial charge is 0.0404 e. The van der Waals surface area contributed by atoms with E-state index in [0.29, 0.717) is 0 Å². The van der Waals surface area contributed by atoms with E-state index in [-0.39, 0.29) is 0 Å². The number of pyridine rings is 1. The summed E-state index contributed by atoms with van der Waals surface area (Å²) < 4.78 is 0. The Balaban J connectivity index is 2.32. The monoisotopic (exact) mass is 177 g/mol. The van der Waals surface area contributed by atoms with Crippen LogP contribution in [0.5, 0.6) is 0 Å². The number of unbranched alkanes of at least 4 members (excludes halogenated alkanes) is 3. The molecule has 1 aromatic heterocycles. The Labute approximate surface area is 81.2 Å². The minimum atomic E-state index is 1.19. The molecule has 0 aromatic carbocycles. The van der Waals surface area contributed by atoms with Gasteiger partial charge >= 0.3 is 0 Å². The Morgan fingerprint density at radius 1 is 1.23 bits per heavy atom. The molecule has 0 saturated carbocycles. The summed E-state index contributed by atoms with van der Waals surface area (Å²) in [5.74, 6) is 0. The fourth-order valence-corrected chi connectivity index (χ4v) is 1.52. The van der Waals surface area contributed by atoms with Gasteiger partial charge in [-0.2, -0.15) is 0 Å². The lowest BCUT2D eigenvalue weighted by Gasteiger charge is -2.03. The predicted molar refractivity (Wildman–Crippen MR) is 56.8 cm³/mol. The molecule has 1 rings (SSSR count). The summed E-state index contributed by atoms with van der Waals surface area (Å²) in [6.07, 6.45) is 8.39. The van der Waals surface area contributed by atoms with Gasteiger partial charge in [0.15, 0.2) is 0 Å². The highest BCUT2D eigenvalue weighted by Crippen LogP contribution is 2.09. The molecule has 1 heterocycles. The van der Waals surface area contributed by atoms with E-state index < -0.39 is 0 Å². The highest BCUT2D eigenvalue weighted by Gasteiger charge is 1.96. The van der Waals surface area contributed by atoms with Gasteiger partial charge in [-0.15, -0.1) is 0 Å². The average Bonchev–Trinajstić information content (AvgIpc) is 2.15.